The Labute approximate surface area is 89.7 Å². The zero-order chi connectivity index (χ0) is 10.0. The molecule has 1 nitrogen and oxygen atoms in total. The van der Waals surface area contributed by atoms with Crippen molar-refractivity contribution in [3.63, 3.8) is 0 Å². The first-order chi connectivity index (χ1) is 6.71. The maximum Gasteiger partial charge on any atom is 0.139 e. The quantitative estimate of drug-likeness (QED) is 0.569. The van der Waals surface area contributed by atoms with Crippen LogP contribution >= 0.6 is 0 Å². The summed E-state index contributed by atoms with van der Waals surface area (Å²) in [7, 11) is 3.22. The topological polar surface area (TPSA) is 9.23 Å². The van der Waals surface area contributed by atoms with Gasteiger partial charge in [-0.25, -0.2) is 0 Å². The lowest BCUT2D eigenvalue weighted by atomic mass is 9.92. The van der Waals surface area contributed by atoms with E-state index in [1.807, 2.05) is 0 Å². The van der Waals surface area contributed by atoms with Crippen LogP contribution in [0.5, 0.6) is 0 Å². The first kappa shape index (κ1) is 10.00. The molecular weight excluding hydrogens is 187 g/mol. The Morgan fingerprint density at radius 3 is 2.50 bits per heavy atom. The van der Waals surface area contributed by atoms with Crippen molar-refractivity contribution in [3.05, 3.63) is 29.8 Å². The van der Waals surface area contributed by atoms with Crippen LogP contribution in [-0.2, 0) is 9.96 Å². The third kappa shape index (κ3) is 1.94. The minimum atomic E-state index is 0.103. The summed E-state index contributed by atoms with van der Waals surface area (Å²) in [4.78, 5) is 0. The lowest BCUT2D eigenvalue weighted by molar-refractivity contribution is -0.0209. The molecule has 1 heterocycles. The van der Waals surface area contributed by atoms with Crippen LogP contribution in [0.4, 0.5) is 0 Å². The Morgan fingerprint density at radius 1 is 1.21 bits per heavy atom. The van der Waals surface area contributed by atoms with Crippen molar-refractivity contribution < 1.29 is 4.74 Å². The van der Waals surface area contributed by atoms with Crippen molar-refractivity contribution in [2.45, 2.75) is 24.5 Å². The van der Waals surface area contributed by atoms with Gasteiger partial charge in [-0.1, -0.05) is 29.7 Å². The van der Waals surface area contributed by atoms with Gasteiger partial charge < -0.3 is 4.74 Å². The van der Waals surface area contributed by atoms with Gasteiger partial charge in [0.05, 0.1) is 5.22 Å². The molecule has 0 saturated carbocycles. The highest BCUT2D eigenvalue weighted by Crippen LogP contribution is 2.31. The summed E-state index contributed by atoms with van der Waals surface area (Å²) in [5.74, 6) is 0. The van der Waals surface area contributed by atoms with E-state index in [4.69, 9.17) is 4.74 Å². The van der Waals surface area contributed by atoms with Crippen LogP contribution in [0.1, 0.15) is 24.8 Å². The average Bonchev–Trinajstić information content (AvgIpc) is 2.19. The molecule has 1 saturated heterocycles. The maximum absolute atomic E-state index is 5.95. The SMILES string of the molecule is Bc1ccc(C2([SiH3])CCCCO2)cc1. The van der Waals surface area contributed by atoms with E-state index in [9.17, 15) is 0 Å². The Morgan fingerprint density at radius 2 is 1.93 bits per heavy atom. The van der Waals surface area contributed by atoms with Crippen molar-refractivity contribution >= 4 is 23.6 Å². The fourth-order valence-corrected chi connectivity index (χ4v) is 2.96. The van der Waals surface area contributed by atoms with Crippen LogP contribution in [-0.4, -0.2) is 24.7 Å². The van der Waals surface area contributed by atoms with E-state index in [2.05, 4.69) is 32.1 Å². The summed E-state index contributed by atoms with van der Waals surface area (Å²) in [6, 6.07) is 8.83. The van der Waals surface area contributed by atoms with Gasteiger partial charge in [0.15, 0.2) is 0 Å². The fourth-order valence-electron chi connectivity index (χ4n) is 2.07. The van der Waals surface area contributed by atoms with E-state index >= 15 is 0 Å². The summed E-state index contributed by atoms with van der Waals surface area (Å²) in [5.41, 5.74) is 2.71. The monoisotopic (exact) mass is 204 g/mol. The Kier molecular flexibility index (Phi) is 2.79. The molecule has 1 aliphatic rings. The molecule has 1 aliphatic heterocycles. The molecule has 0 aromatic heterocycles. The van der Waals surface area contributed by atoms with Crippen molar-refractivity contribution in [2.24, 2.45) is 0 Å². The van der Waals surface area contributed by atoms with E-state index in [1.54, 1.807) is 0 Å². The molecule has 0 aliphatic carbocycles. The van der Waals surface area contributed by atoms with Crippen molar-refractivity contribution in [2.75, 3.05) is 6.61 Å². The second-order valence-corrected chi connectivity index (χ2v) is 6.02. The van der Waals surface area contributed by atoms with Gasteiger partial charge in [0, 0.05) is 16.8 Å². The van der Waals surface area contributed by atoms with Crippen LogP contribution < -0.4 is 5.46 Å². The third-order valence-electron chi connectivity index (χ3n) is 3.13. The summed E-state index contributed by atoms with van der Waals surface area (Å²) in [6.07, 6.45) is 3.76. The van der Waals surface area contributed by atoms with Gasteiger partial charge in [0.2, 0.25) is 0 Å². The molecular formula is C11H17BOSi. The molecule has 1 aromatic rings. The minimum Gasteiger partial charge on any atom is -0.375 e. The van der Waals surface area contributed by atoms with Gasteiger partial charge in [0.25, 0.3) is 0 Å². The van der Waals surface area contributed by atoms with Crippen molar-refractivity contribution in [1.82, 2.24) is 0 Å². The molecule has 1 fully saturated rings. The zero-order valence-electron chi connectivity index (χ0n) is 9.05. The Balaban J connectivity index is 2.23. The number of benzene rings is 1. The Bertz CT molecular complexity index is 304. The second-order valence-electron chi connectivity index (χ2n) is 4.40. The van der Waals surface area contributed by atoms with Crippen LogP contribution in [0.3, 0.4) is 0 Å². The summed E-state index contributed by atoms with van der Waals surface area (Å²) < 4.78 is 5.95. The second kappa shape index (κ2) is 3.91. The molecule has 0 spiro atoms. The predicted molar refractivity (Wildman–Crippen MR) is 66.0 cm³/mol. The molecule has 0 N–H and O–H groups in total. The number of ether oxygens (including phenoxy) is 1. The number of hydrogen-bond donors (Lipinski definition) is 0. The summed E-state index contributed by atoms with van der Waals surface area (Å²) in [6.45, 7) is 0.942. The largest absolute Gasteiger partial charge is 0.375 e. The maximum atomic E-state index is 5.95. The molecule has 3 heteroatoms. The molecule has 14 heavy (non-hydrogen) atoms. The van der Waals surface area contributed by atoms with Crippen LogP contribution in [0, 0.1) is 0 Å². The highest BCUT2D eigenvalue weighted by molar-refractivity contribution is 6.32. The third-order valence-corrected chi connectivity index (χ3v) is 4.50. The molecule has 1 aromatic carbocycles. The molecule has 1 atom stereocenters. The number of rotatable bonds is 1. The van der Waals surface area contributed by atoms with Gasteiger partial charge in [-0.15, -0.1) is 0 Å². The summed E-state index contributed by atoms with van der Waals surface area (Å²) >= 11 is 0. The molecule has 0 amide bonds. The van der Waals surface area contributed by atoms with Gasteiger partial charge >= 0.3 is 0 Å². The van der Waals surface area contributed by atoms with E-state index in [-0.39, 0.29) is 5.22 Å². The van der Waals surface area contributed by atoms with Gasteiger partial charge in [-0.2, -0.15) is 0 Å². The number of hydrogen-bond acceptors (Lipinski definition) is 1. The first-order valence-corrected chi connectivity index (χ1v) is 6.42. The van der Waals surface area contributed by atoms with E-state index in [1.165, 1.54) is 30.3 Å². The summed E-state index contributed by atoms with van der Waals surface area (Å²) in [5, 5.41) is 0.103. The zero-order valence-corrected chi connectivity index (χ0v) is 11.0. The van der Waals surface area contributed by atoms with E-state index in [0.29, 0.717) is 0 Å². The molecule has 74 valence electrons. The minimum absolute atomic E-state index is 0.103. The fraction of sp³-hybridized carbons (Fsp3) is 0.455. The van der Waals surface area contributed by atoms with Crippen molar-refractivity contribution in [3.8, 4) is 0 Å². The van der Waals surface area contributed by atoms with E-state index in [0.717, 1.165) is 16.8 Å². The van der Waals surface area contributed by atoms with Gasteiger partial charge in [0.1, 0.15) is 7.85 Å². The molecule has 0 bridgehead atoms. The smallest absolute Gasteiger partial charge is 0.139 e. The van der Waals surface area contributed by atoms with Crippen LogP contribution in [0.2, 0.25) is 0 Å². The van der Waals surface area contributed by atoms with Crippen molar-refractivity contribution in [1.29, 1.82) is 0 Å². The molecule has 0 radical (unpaired) electrons. The molecule has 1 unspecified atom stereocenters. The predicted octanol–water partition coefficient (Wildman–Crippen LogP) is -0.336. The highest BCUT2D eigenvalue weighted by Gasteiger charge is 2.29. The Hall–Kier alpha value is -0.538. The van der Waals surface area contributed by atoms with Crippen LogP contribution in [0.15, 0.2) is 24.3 Å². The highest BCUT2D eigenvalue weighted by atomic mass is 28.1. The standard InChI is InChI=1S/C11H17BOSi/c12-10-5-3-9(4-6-10)11(14)7-1-2-8-13-11/h3-6H,1-2,7-8,12H2,14H3. The normalized spacial score (nSPS) is 27.7. The van der Waals surface area contributed by atoms with Gasteiger partial charge in [-0.3, -0.25) is 0 Å². The lowest BCUT2D eigenvalue weighted by Gasteiger charge is -2.34. The average molecular weight is 204 g/mol. The van der Waals surface area contributed by atoms with Crippen LogP contribution in [0.25, 0.3) is 0 Å². The van der Waals surface area contributed by atoms with Gasteiger partial charge in [-0.05, 0) is 24.8 Å². The lowest BCUT2D eigenvalue weighted by Crippen LogP contribution is -2.34. The van der Waals surface area contributed by atoms with E-state index < -0.39 is 0 Å². The molecule has 2 rings (SSSR count). The first-order valence-electron chi connectivity index (χ1n) is 5.42.